The van der Waals surface area contributed by atoms with Gasteiger partial charge in [0.1, 0.15) is 11.3 Å². The predicted molar refractivity (Wildman–Crippen MR) is 77.7 cm³/mol. The lowest BCUT2D eigenvalue weighted by Gasteiger charge is -2.24. The molecule has 0 radical (unpaired) electrons. The Bertz CT molecular complexity index is 577. The van der Waals surface area contributed by atoms with Gasteiger partial charge >= 0.3 is 0 Å². The van der Waals surface area contributed by atoms with Crippen LogP contribution in [0.4, 0.5) is 0 Å². The first-order valence-corrected chi connectivity index (χ1v) is 7.00. The van der Waals surface area contributed by atoms with Crippen LogP contribution in [0, 0.1) is 5.41 Å². The van der Waals surface area contributed by atoms with Crippen LogP contribution in [0.2, 0.25) is 0 Å². The average Bonchev–Trinajstić information content (AvgIpc) is 2.75. The first kappa shape index (κ1) is 14.1. The topological polar surface area (TPSA) is 39.9 Å². The summed E-state index contributed by atoms with van der Waals surface area (Å²) >= 11 is 6.01. The van der Waals surface area contributed by atoms with Crippen molar-refractivity contribution in [3.8, 4) is 5.88 Å². The lowest BCUT2D eigenvalue weighted by atomic mass is 9.90. The minimum atomic E-state index is 0.180. The number of ether oxygens (including phenoxy) is 1. The molecule has 0 aromatic carbocycles. The monoisotopic (exact) mass is 281 g/mol. The zero-order chi connectivity index (χ0) is 14.0. The van der Waals surface area contributed by atoms with Gasteiger partial charge < -0.3 is 9.30 Å². The Hall–Kier alpha value is -1.29. The summed E-state index contributed by atoms with van der Waals surface area (Å²) in [6, 6.07) is 3.75. The zero-order valence-electron chi connectivity index (χ0n) is 11.9. The molecule has 2 heterocycles. The van der Waals surface area contributed by atoms with Crippen molar-refractivity contribution in [2.45, 2.75) is 39.6 Å². The summed E-state index contributed by atoms with van der Waals surface area (Å²) in [4.78, 5) is 9.04. The second-order valence-electron chi connectivity index (χ2n) is 5.46. The van der Waals surface area contributed by atoms with Crippen molar-refractivity contribution in [3.05, 3.63) is 18.0 Å². The summed E-state index contributed by atoms with van der Waals surface area (Å²) in [5.74, 6) is 1.85. The highest BCUT2D eigenvalue weighted by molar-refractivity contribution is 6.16. The Labute approximate surface area is 118 Å². The van der Waals surface area contributed by atoms with Crippen LogP contribution in [0.5, 0.6) is 5.88 Å². The van der Waals surface area contributed by atoms with E-state index in [-0.39, 0.29) is 5.41 Å². The van der Waals surface area contributed by atoms with Gasteiger partial charge in [0.25, 0.3) is 0 Å². The van der Waals surface area contributed by atoms with Crippen LogP contribution in [0.1, 0.15) is 33.0 Å². The summed E-state index contributed by atoms with van der Waals surface area (Å²) in [5, 5.41) is 0. The maximum Gasteiger partial charge on any atom is 0.215 e. The van der Waals surface area contributed by atoms with Crippen LogP contribution in [-0.4, -0.2) is 21.6 Å². The minimum Gasteiger partial charge on any atom is -0.481 e. The molecule has 0 spiro atoms. The molecule has 0 atom stereocenters. The van der Waals surface area contributed by atoms with Gasteiger partial charge in [-0.05, 0) is 17.9 Å². The number of rotatable bonds is 5. The summed E-state index contributed by atoms with van der Waals surface area (Å²) in [6.45, 7) is 7.50. The van der Waals surface area contributed by atoms with E-state index in [2.05, 4.69) is 35.3 Å². The fraction of sp³-hybridized carbons (Fsp3) is 0.571. The molecule has 104 valence electrons. The van der Waals surface area contributed by atoms with Gasteiger partial charge in [0.05, 0.1) is 13.0 Å². The molecule has 5 heteroatoms. The van der Waals surface area contributed by atoms with Gasteiger partial charge in [-0.15, -0.1) is 11.6 Å². The predicted octanol–water partition coefficient (Wildman–Crippen LogP) is 3.61. The van der Waals surface area contributed by atoms with Gasteiger partial charge in [0.15, 0.2) is 5.65 Å². The second kappa shape index (κ2) is 5.37. The third-order valence-corrected chi connectivity index (χ3v) is 3.76. The zero-order valence-corrected chi connectivity index (χ0v) is 12.7. The summed E-state index contributed by atoms with van der Waals surface area (Å²) in [5.41, 5.74) is 1.89. The molecule has 0 aliphatic carbocycles. The van der Waals surface area contributed by atoms with Crippen molar-refractivity contribution in [1.82, 2.24) is 14.5 Å². The van der Waals surface area contributed by atoms with Crippen LogP contribution in [0.3, 0.4) is 0 Å². The Kier molecular flexibility index (Phi) is 3.99. The molecule has 0 unspecified atom stereocenters. The first-order valence-electron chi connectivity index (χ1n) is 6.47. The molecule has 0 saturated heterocycles. The number of fused-ring (bicyclic) bond motifs is 1. The molecule has 0 saturated carbocycles. The number of hydrogen-bond acceptors (Lipinski definition) is 3. The Morgan fingerprint density at radius 1 is 1.32 bits per heavy atom. The van der Waals surface area contributed by atoms with Gasteiger partial charge in [-0.3, -0.25) is 0 Å². The maximum atomic E-state index is 6.01. The summed E-state index contributed by atoms with van der Waals surface area (Å²) in [6.07, 6.45) is 1.08. The number of pyridine rings is 1. The largest absolute Gasteiger partial charge is 0.481 e. The van der Waals surface area contributed by atoms with Gasteiger partial charge in [0.2, 0.25) is 5.88 Å². The molecule has 0 fully saturated rings. The third-order valence-electron chi connectivity index (χ3n) is 3.52. The van der Waals surface area contributed by atoms with Crippen LogP contribution in [-0.2, 0) is 12.4 Å². The third kappa shape index (κ3) is 2.84. The van der Waals surface area contributed by atoms with E-state index in [1.165, 1.54) is 0 Å². The highest BCUT2D eigenvalue weighted by Crippen LogP contribution is 2.27. The number of methoxy groups -OCH3 is 1. The summed E-state index contributed by atoms with van der Waals surface area (Å²) in [7, 11) is 1.62. The Balaban J connectivity index is 2.55. The van der Waals surface area contributed by atoms with Gasteiger partial charge in [-0.25, -0.2) is 4.98 Å². The molecule has 19 heavy (non-hydrogen) atoms. The number of imidazole rings is 1. The molecule has 0 aliphatic rings. The van der Waals surface area contributed by atoms with E-state index in [4.69, 9.17) is 16.3 Å². The normalized spacial score (nSPS) is 12.1. The fourth-order valence-corrected chi connectivity index (χ4v) is 2.16. The minimum absolute atomic E-state index is 0.180. The lowest BCUT2D eigenvalue weighted by Crippen LogP contribution is -2.20. The SMILES string of the molecule is CCC(C)(C)Cn1c(CCl)nc2ccc(OC)nc21. The quantitative estimate of drug-likeness (QED) is 0.786. The van der Waals surface area contributed by atoms with Crippen molar-refractivity contribution in [3.63, 3.8) is 0 Å². The molecule has 2 aromatic heterocycles. The van der Waals surface area contributed by atoms with Crippen LogP contribution in [0.25, 0.3) is 11.2 Å². The molecule has 0 bridgehead atoms. The molecule has 2 aromatic rings. The van der Waals surface area contributed by atoms with E-state index in [0.717, 1.165) is 30.0 Å². The molecule has 0 N–H and O–H groups in total. The van der Waals surface area contributed by atoms with Crippen LogP contribution < -0.4 is 4.74 Å². The van der Waals surface area contributed by atoms with Crippen molar-refractivity contribution in [2.24, 2.45) is 5.41 Å². The molecule has 0 amide bonds. The van der Waals surface area contributed by atoms with Gasteiger partial charge in [-0.1, -0.05) is 20.8 Å². The molecule has 2 rings (SSSR count). The number of hydrogen-bond donors (Lipinski definition) is 0. The first-order chi connectivity index (χ1) is 9.00. The van der Waals surface area contributed by atoms with Crippen LogP contribution in [0.15, 0.2) is 12.1 Å². The Morgan fingerprint density at radius 2 is 2.05 bits per heavy atom. The van der Waals surface area contributed by atoms with Crippen molar-refractivity contribution >= 4 is 22.8 Å². The molecular formula is C14H20ClN3O. The van der Waals surface area contributed by atoms with Gasteiger partial charge in [-0.2, -0.15) is 4.98 Å². The van der Waals surface area contributed by atoms with E-state index in [0.29, 0.717) is 11.8 Å². The standard InChI is InChI=1S/C14H20ClN3O/c1-5-14(2,3)9-18-11(8-15)16-10-6-7-12(19-4)17-13(10)18/h6-7H,5,8-9H2,1-4H3. The number of alkyl halides is 1. The van der Waals surface area contributed by atoms with E-state index < -0.39 is 0 Å². The van der Waals surface area contributed by atoms with Crippen molar-refractivity contribution < 1.29 is 4.74 Å². The highest BCUT2D eigenvalue weighted by Gasteiger charge is 2.21. The van der Waals surface area contributed by atoms with Gasteiger partial charge in [0, 0.05) is 12.6 Å². The highest BCUT2D eigenvalue weighted by atomic mass is 35.5. The lowest BCUT2D eigenvalue weighted by molar-refractivity contribution is 0.294. The van der Waals surface area contributed by atoms with E-state index in [1.54, 1.807) is 7.11 Å². The second-order valence-corrected chi connectivity index (χ2v) is 5.73. The smallest absolute Gasteiger partial charge is 0.215 e. The van der Waals surface area contributed by atoms with Crippen molar-refractivity contribution in [1.29, 1.82) is 0 Å². The van der Waals surface area contributed by atoms with Crippen molar-refractivity contribution in [2.75, 3.05) is 7.11 Å². The fourth-order valence-electron chi connectivity index (χ4n) is 1.95. The van der Waals surface area contributed by atoms with E-state index in [1.807, 2.05) is 12.1 Å². The molecule has 4 nitrogen and oxygen atoms in total. The summed E-state index contributed by atoms with van der Waals surface area (Å²) < 4.78 is 7.30. The molecule has 0 aliphatic heterocycles. The van der Waals surface area contributed by atoms with E-state index in [9.17, 15) is 0 Å². The van der Waals surface area contributed by atoms with E-state index >= 15 is 0 Å². The number of nitrogens with zero attached hydrogens (tertiary/aromatic N) is 3. The average molecular weight is 282 g/mol. The Morgan fingerprint density at radius 3 is 2.63 bits per heavy atom. The maximum absolute atomic E-state index is 6.01. The number of halogens is 1. The molecular weight excluding hydrogens is 262 g/mol. The van der Waals surface area contributed by atoms with Crippen LogP contribution >= 0.6 is 11.6 Å². The number of aromatic nitrogens is 3.